The number of halogens is 2. The van der Waals surface area contributed by atoms with Gasteiger partial charge in [-0.15, -0.1) is 0 Å². The Hall–Kier alpha value is -1.09. The Bertz CT molecular complexity index is 360. The Labute approximate surface area is 67.2 Å². The number of fused-ring (bicyclic) bond motifs is 1. The first-order valence-corrected chi connectivity index (χ1v) is 3.43. The summed E-state index contributed by atoms with van der Waals surface area (Å²) in [5.74, 6) is -0.433. The van der Waals surface area contributed by atoms with Crippen molar-refractivity contribution in [3.63, 3.8) is 0 Å². The predicted molar refractivity (Wildman–Crippen MR) is 40.2 cm³/mol. The molecule has 0 aliphatic carbocycles. The molecule has 0 unspecified atom stereocenters. The second kappa shape index (κ2) is 2.20. The van der Waals surface area contributed by atoms with Crippen LogP contribution < -0.4 is 0 Å². The summed E-state index contributed by atoms with van der Waals surface area (Å²) in [6, 6.07) is 1.48. The lowest BCUT2D eigenvalue weighted by Gasteiger charge is -1.94. The van der Waals surface area contributed by atoms with Crippen molar-refractivity contribution in [3.05, 3.63) is 35.5 Å². The standard InChI is InChI=1S/C7H4ClFN2/c8-5-3-7-10-1-2-11(7)4-6(5)9/h1-4H. The van der Waals surface area contributed by atoms with Crippen molar-refractivity contribution in [2.24, 2.45) is 0 Å². The van der Waals surface area contributed by atoms with Crippen LogP contribution in [-0.4, -0.2) is 9.38 Å². The first kappa shape index (κ1) is 6.61. The van der Waals surface area contributed by atoms with Crippen molar-refractivity contribution in [1.29, 1.82) is 0 Å². The molecule has 2 aromatic rings. The maximum Gasteiger partial charge on any atom is 0.158 e. The van der Waals surface area contributed by atoms with Gasteiger partial charge in [-0.25, -0.2) is 9.37 Å². The quantitative estimate of drug-likeness (QED) is 0.592. The van der Waals surface area contributed by atoms with Gasteiger partial charge in [0.15, 0.2) is 5.82 Å². The average Bonchev–Trinajstić information content (AvgIpc) is 2.36. The molecule has 0 atom stereocenters. The molecule has 11 heavy (non-hydrogen) atoms. The largest absolute Gasteiger partial charge is 0.304 e. The fourth-order valence-electron chi connectivity index (χ4n) is 0.912. The number of rotatable bonds is 0. The first-order chi connectivity index (χ1) is 5.27. The summed E-state index contributed by atoms with van der Waals surface area (Å²) in [6.45, 7) is 0. The van der Waals surface area contributed by atoms with E-state index in [1.807, 2.05) is 0 Å². The third-order valence-electron chi connectivity index (χ3n) is 1.44. The smallest absolute Gasteiger partial charge is 0.158 e. The summed E-state index contributed by atoms with van der Waals surface area (Å²) in [5, 5.41) is 0.101. The zero-order valence-electron chi connectivity index (χ0n) is 5.46. The highest BCUT2D eigenvalue weighted by Gasteiger charge is 2.01. The molecule has 0 amide bonds. The van der Waals surface area contributed by atoms with Crippen LogP contribution in [0.5, 0.6) is 0 Å². The third-order valence-corrected chi connectivity index (χ3v) is 1.72. The third kappa shape index (κ3) is 0.973. The zero-order chi connectivity index (χ0) is 7.84. The van der Waals surface area contributed by atoms with Gasteiger partial charge in [0.1, 0.15) is 5.65 Å². The minimum Gasteiger partial charge on any atom is -0.304 e. The number of hydrogen-bond donors (Lipinski definition) is 0. The molecule has 0 radical (unpaired) electrons. The molecule has 2 rings (SSSR count). The van der Waals surface area contributed by atoms with E-state index in [9.17, 15) is 4.39 Å². The van der Waals surface area contributed by atoms with E-state index in [0.717, 1.165) is 0 Å². The summed E-state index contributed by atoms with van der Waals surface area (Å²) in [5.41, 5.74) is 0.649. The Balaban J connectivity index is 2.86. The highest BCUT2D eigenvalue weighted by molar-refractivity contribution is 6.31. The van der Waals surface area contributed by atoms with Gasteiger partial charge in [-0.3, -0.25) is 0 Å². The monoisotopic (exact) mass is 170 g/mol. The topological polar surface area (TPSA) is 17.3 Å². The molecule has 0 saturated heterocycles. The van der Waals surface area contributed by atoms with Gasteiger partial charge in [0.25, 0.3) is 0 Å². The Morgan fingerprint density at radius 3 is 3.18 bits per heavy atom. The summed E-state index contributed by atoms with van der Waals surface area (Å²) in [4.78, 5) is 3.93. The van der Waals surface area contributed by atoms with E-state index in [2.05, 4.69) is 4.98 Å². The van der Waals surface area contributed by atoms with Crippen LogP contribution >= 0.6 is 11.6 Å². The first-order valence-electron chi connectivity index (χ1n) is 3.05. The molecule has 56 valence electrons. The van der Waals surface area contributed by atoms with Crippen molar-refractivity contribution in [2.75, 3.05) is 0 Å². The SMILES string of the molecule is Fc1cn2ccnc2cc1Cl. The number of imidazole rings is 1. The molecule has 2 aromatic heterocycles. The maximum absolute atomic E-state index is 12.7. The van der Waals surface area contributed by atoms with Gasteiger partial charge in [-0.1, -0.05) is 11.6 Å². The molecule has 0 aliphatic heterocycles. The van der Waals surface area contributed by atoms with Crippen LogP contribution in [0.1, 0.15) is 0 Å². The fourth-order valence-corrected chi connectivity index (χ4v) is 1.06. The molecule has 2 heterocycles. The minimum absolute atomic E-state index is 0.101. The zero-order valence-corrected chi connectivity index (χ0v) is 6.22. The van der Waals surface area contributed by atoms with Crippen molar-refractivity contribution in [2.45, 2.75) is 0 Å². The van der Waals surface area contributed by atoms with Gasteiger partial charge in [-0.05, 0) is 0 Å². The second-order valence-corrected chi connectivity index (χ2v) is 2.57. The fraction of sp³-hybridized carbons (Fsp3) is 0. The van der Waals surface area contributed by atoms with Gasteiger partial charge in [0.05, 0.1) is 5.02 Å². The Morgan fingerprint density at radius 2 is 2.36 bits per heavy atom. The van der Waals surface area contributed by atoms with Crippen molar-refractivity contribution in [3.8, 4) is 0 Å². The molecule has 0 N–H and O–H groups in total. The van der Waals surface area contributed by atoms with E-state index < -0.39 is 5.82 Å². The Morgan fingerprint density at radius 1 is 1.55 bits per heavy atom. The second-order valence-electron chi connectivity index (χ2n) is 2.16. The van der Waals surface area contributed by atoms with E-state index >= 15 is 0 Å². The molecular weight excluding hydrogens is 167 g/mol. The maximum atomic E-state index is 12.7. The lowest BCUT2D eigenvalue weighted by molar-refractivity contribution is 0.619. The molecule has 0 aromatic carbocycles. The lowest BCUT2D eigenvalue weighted by atomic mass is 10.4. The van der Waals surface area contributed by atoms with Gasteiger partial charge >= 0.3 is 0 Å². The van der Waals surface area contributed by atoms with Crippen LogP contribution in [0.15, 0.2) is 24.7 Å². The molecule has 0 bridgehead atoms. The van der Waals surface area contributed by atoms with Crippen molar-refractivity contribution >= 4 is 17.2 Å². The van der Waals surface area contributed by atoms with Gasteiger partial charge < -0.3 is 4.40 Å². The highest BCUT2D eigenvalue weighted by atomic mass is 35.5. The van der Waals surface area contributed by atoms with Crippen LogP contribution in [0.3, 0.4) is 0 Å². The van der Waals surface area contributed by atoms with Crippen LogP contribution in [0, 0.1) is 5.82 Å². The Kier molecular flexibility index (Phi) is 1.32. The van der Waals surface area contributed by atoms with Gasteiger partial charge in [0.2, 0.25) is 0 Å². The van der Waals surface area contributed by atoms with Crippen LogP contribution in [0.4, 0.5) is 4.39 Å². The lowest BCUT2D eigenvalue weighted by Crippen LogP contribution is -1.85. The van der Waals surface area contributed by atoms with Crippen molar-refractivity contribution in [1.82, 2.24) is 9.38 Å². The van der Waals surface area contributed by atoms with Crippen molar-refractivity contribution < 1.29 is 4.39 Å². The van der Waals surface area contributed by atoms with Gasteiger partial charge in [0, 0.05) is 24.7 Å². The molecule has 0 fully saturated rings. The van der Waals surface area contributed by atoms with Crippen LogP contribution in [-0.2, 0) is 0 Å². The molecule has 2 nitrogen and oxygen atoms in total. The summed E-state index contributed by atoms with van der Waals surface area (Å²) in [7, 11) is 0. The van der Waals surface area contributed by atoms with E-state index in [0.29, 0.717) is 5.65 Å². The molecule has 0 saturated carbocycles. The minimum atomic E-state index is -0.433. The molecule has 4 heteroatoms. The summed E-state index contributed by atoms with van der Waals surface area (Å²) in [6.07, 6.45) is 4.55. The van der Waals surface area contributed by atoms with E-state index in [1.165, 1.54) is 12.3 Å². The average molecular weight is 171 g/mol. The number of hydrogen-bond acceptors (Lipinski definition) is 1. The van der Waals surface area contributed by atoms with Crippen LogP contribution in [0.2, 0.25) is 5.02 Å². The van der Waals surface area contributed by atoms with E-state index in [4.69, 9.17) is 11.6 Å². The number of pyridine rings is 1. The van der Waals surface area contributed by atoms with E-state index in [-0.39, 0.29) is 5.02 Å². The predicted octanol–water partition coefficient (Wildman–Crippen LogP) is 2.13. The normalized spacial score (nSPS) is 10.7. The molecule has 0 spiro atoms. The number of aromatic nitrogens is 2. The highest BCUT2D eigenvalue weighted by Crippen LogP contribution is 2.15. The summed E-state index contributed by atoms with van der Waals surface area (Å²) >= 11 is 5.52. The molecular formula is C7H4ClFN2. The number of nitrogens with zero attached hydrogens (tertiary/aromatic N) is 2. The molecule has 0 aliphatic rings. The van der Waals surface area contributed by atoms with E-state index in [1.54, 1.807) is 16.8 Å². The summed E-state index contributed by atoms with van der Waals surface area (Å²) < 4.78 is 14.3. The van der Waals surface area contributed by atoms with Crippen LogP contribution in [0.25, 0.3) is 5.65 Å². The van der Waals surface area contributed by atoms with Gasteiger partial charge in [-0.2, -0.15) is 0 Å².